The zero-order chi connectivity index (χ0) is 30.8. The normalized spacial score (nSPS) is 19.7. The summed E-state index contributed by atoms with van der Waals surface area (Å²) in [6, 6.07) is 18.7. The standard InChI is InChI=1S/C32H37FN6O4/c1-21(30-25(33)11-8-12-26(30)35(2)3)37-19-28-38(27(31(37)42)17-22-13-15-24(40)16-14-22)29(41)20-36(4)39(28)32(43)34-18-23-9-6-5-7-10-23/h5-16,21,27-28,40H,17-20H2,1-4H3,(H,34,43)/t21?,27-,28-/m0/s1. The molecule has 3 atom stereocenters. The van der Waals surface area contributed by atoms with E-state index in [0.717, 1.165) is 11.1 Å². The van der Waals surface area contributed by atoms with Gasteiger partial charge in [-0.1, -0.05) is 48.5 Å². The van der Waals surface area contributed by atoms with Crippen LogP contribution in [0.2, 0.25) is 0 Å². The molecule has 0 radical (unpaired) electrons. The maximum Gasteiger partial charge on any atom is 0.334 e. The Balaban J connectivity index is 1.53. The Morgan fingerprint density at radius 2 is 1.72 bits per heavy atom. The summed E-state index contributed by atoms with van der Waals surface area (Å²) in [7, 11) is 5.29. The molecule has 0 saturated carbocycles. The maximum absolute atomic E-state index is 15.4. The molecule has 1 unspecified atom stereocenters. The van der Waals surface area contributed by atoms with Crippen LogP contribution in [-0.2, 0) is 22.6 Å². The number of piperazine rings is 1. The van der Waals surface area contributed by atoms with E-state index in [1.165, 1.54) is 28.1 Å². The number of anilines is 1. The Labute approximate surface area is 250 Å². The molecule has 2 fully saturated rings. The van der Waals surface area contributed by atoms with Crippen molar-refractivity contribution in [3.63, 3.8) is 0 Å². The second-order valence-electron chi connectivity index (χ2n) is 11.2. The van der Waals surface area contributed by atoms with E-state index in [9.17, 15) is 19.5 Å². The van der Waals surface area contributed by atoms with Crippen LogP contribution in [0.25, 0.3) is 0 Å². The molecule has 0 aromatic heterocycles. The Bertz CT molecular complexity index is 1480. The molecule has 4 amide bonds. The highest BCUT2D eigenvalue weighted by Crippen LogP contribution is 2.36. The number of likely N-dealkylation sites (N-methyl/N-ethyl adjacent to an activating group) is 1. The summed E-state index contributed by atoms with van der Waals surface area (Å²) >= 11 is 0. The predicted molar refractivity (Wildman–Crippen MR) is 160 cm³/mol. The smallest absolute Gasteiger partial charge is 0.334 e. The van der Waals surface area contributed by atoms with Gasteiger partial charge >= 0.3 is 6.03 Å². The first kappa shape index (κ1) is 29.8. The summed E-state index contributed by atoms with van der Waals surface area (Å²) < 4.78 is 15.4. The van der Waals surface area contributed by atoms with Crippen LogP contribution in [0.5, 0.6) is 5.75 Å². The number of nitrogens with zero attached hydrogens (tertiary/aromatic N) is 5. The number of phenols is 1. The van der Waals surface area contributed by atoms with E-state index in [-0.39, 0.29) is 43.6 Å². The number of hydrogen-bond acceptors (Lipinski definition) is 6. The van der Waals surface area contributed by atoms with Gasteiger partial charge in [-0.2, -0.15) is 0 Å². The van der Waals surface area contributed by atoms with Gasteiger partial charge in [-0.3, -0.25) is 9.59 Å². The first-order chi connectivity index (χ1) is 20.6. The summed E-state index contributed by atoms with van der Waals surface area (Å²) in [6.45, 7) is 1.94. The van der Waals surface area contributed by atoms with Crippen LogP contribution in [0.15, 0.2) is 72.8 Å². The predicted octanol–water partition coefficient (Wildman–Crippen LogP) is 3.34. The number of hydrazine groups is 1. The summed E-state index contributed by atoms with van der Waals surface area (Å²) in [5.41, 5.74) is 2.63. The number of carbonyl (C=O) groups is 3. The van der Waals surface area contributed by atoms with Crippen LogP contribution in [0, 0.1) is 5.82 Å². The Kier molecular flexibility index (Phi) is 8.54. The monoisotopic (exact) mass is 588 g/mol. The van der Waals surface area contributed by atoms with Crippen LogP contribution >= 0.6 is 0 Å². The van der Waals surface area contributed by atoms with Crippen molar-refractivity contribution in [3.8, 4) is 5.75 Å². The van der Waals surface area contributed by atoms with E-state index in [4.69, 9.17) is 0 Å². The van der Waals surface area contributed by atoms with Gasteiger partial charge in [0.25, 0.3) is 0 Å². The fraction of sp³-hybridized carbons (Fsp3) is 0.344. The molecule has 2 heterocycles. The van der Waals surface area contributed by atoms with Gasteiger partial charge in [-0.05, 0) is 42.3 Å². The van der Waals surface area contributed by atoms with E-state index in [1.807, 2.05) is 44.4 Å². The van der Waals surface area contributed by atoms with Crippen molar-refractivity contribution in [1.29, 1.82) is 0 Å². The maximum atomic E-state index is 15.4. The second kappa shape index (κ2) is 12.3. The molecule has 10 nitrogen and oxygen atoms in total. The highest BCUT2D eigenvalue weighted by molar-refractivity contribution is 5.92. The molecule has 2 N–H and O–H groups in total. The second-order valence-corrected chi connectivity index (χ2v) is 11.2. The Morgan fingerprint density at radius 1 is 1.02 bits per heavy atom. The molecule has 2 aliphatic heterocycles. The van der Waals surface area contributed by atoms with Crippen molar-refractivity contribution in [2.75, 3.05) is 39.1 Å². The van der Waals surface area contributed by atoms with Crippen LogP contribution < -0.4 is 10.2 Å². The zero-order valence-electron chi connectivity index (χ0n) is 24.8. The molecule has 0 bridgehead atoms. The molecule has 3 aromatic rings. The number of nitrogens with one attached hydrogen (secondary N) is 1. The van der Waals surface area contributed by atoms with Crippen LogP contribution in [0.1, 0.15) is 29.7 Å². The van der Waals surface area contributed by atoms with Gasteiger partial charge in [0.15, 0.2) is 0 Å². The number of urea groups is 1. The quantitative estimate of drug-likeness (QED) is 0.440. The van der Waals surface area contributed by atoms with Crippen molar-refractivity contribution in [2.24, 2.45) is 0 Å². The number of hydrogen-bond donors (Lipinski definition) is 2. The lowest BCUT2D eigenvalue weighted by molar-refractivity contribution is -0.189. The minimum atomic E-state index is -0.953. The molecule has 2 saturated heterocycles. The average molecular weight is 589 g/mol. The van der Waals surface area contributed by atoms with Crippen molar-refractivity contribution < 1.29 is 23.9 Å². The number of halogens is 1. The van der Waals surface area contributed by atoms with Crippen molar-refractivity contribution in [3.05, 3.63) is 95.3 Å². The summed E-state index contributed by atoms with van der Waals surface area (Å²) in [5.74, 6) is -0.992. The first-order valence-corrected chi connectivity index (χ1v) is 14.2. The Hall–Kier alpha value is -4.64. The van der Waals surface area contributed by atoms with E-state index >= 15 is 4.39 Å². The van der Waals surface area contributed by atoms with E-state index in [0.29, 0.717) is 11.3 Å². The van der Waals surface area contributed by atoms with E-state index in [1.54, 1.807) is 53.0 Å². The molecule has 5 rings (SSSR count). The Morgan fingerprint density at radius 3 is 2.40 bits per heavy atom. The number of aromatic hydroxyl groups is 1. The van der Waals surface area contributed by atoms with Gasteiger partial charge in [-0.25, -0.2) is 19.2 Å². The molecular weight excluding hydrogens is 551 g/mol. The third kappa shape index (κ3) is 5.98. The van der Waals surface area contributed by atoms with Crippen molar-refractivity contribution in [1.82, 2.24) is 25.1 Å². The van der Waals surface area contributed by atoms with Gasteiger partial charge in [-0.15, -0.1) is 0 Å². The fourth-order valence-corrected chi connectivity index (χ4v) is 6.01. The topological polar surface area (TPSA) is 99.7 Å². The van der Waals surface area contributed by atoms with Gasteiger partial charge < -0.3 is 25.1 Å². The third-order valence-electron chi connectivity index (χ3n) is 8.14. The molecular formula is C32H37FN6O4. The number of rotatable bonds is 7. The van der Waals surface area contributed by atoms with Crippen LogP contribution in [-0.4, -0.2) is 89.2 Å². The summed E-state index contributed by atoms with van der Waals surface area (Å²) in [6.07, 6.45) is -0.676. The number of benzene rings is 3. The highest BCUT2D eigenvalue weighted by atomic mass is 19.1. The first-order valence-electron chi connectivity index (χ1n) is 14.2. The van der Waals surface area contributed by atoms with Gasteiger partial charge in [0, 0.05) is 45.4 Å². The van der Waals surface area contributed by atoms with Gasteiger partial charge in [0.05, 0.1) is 19.1 Å². The van der Waals surface area contributed by atoms with E-state index in [2.05, 4.69) is 5.32 Å². The number of fused-ring (bicyclic) bond motifs is 1. The molecule has 0 aliphatic carbocycles. The van der Waals surface area contributed by atoms with Gasteiger partial charge in [0.1, 0.15) is 23.8 Å². The lowest BCUT2D eigenvalue weighted by Crippen LogP contribution is -2.76. The van der Waals surface area contributed by atoms with Gasteiger partial charge in [0.2, 0.25) is 11.8 Å². The van der Waals surface area contributed by atoms with Crippen LogP contribution in [0.4, 0.5) is 14.9 Å². The molecule has 3 aromatic carbocycles. The SMILES string of the molecule is CC(c1c(F)cccc1N(C)C)N1C[C@H]2N(C(=O)CN(C)N2C(=O)NCc2ccccc2)[C@@H](Cc2ccc(O)cc2)C1=O. The largest absolute Gasteiger partial charge is 0.508 e. The molecule has 226 valence electrons. The van der Waals surface area contributed by atoms with Crippen LogP contribution in [0.3, 0.4) is 0 Å². The highest BCUT2D eigenvalue weighted by Gasteiger charge is 2.51. The van der Waals surface area contributed by atoms with Crippen molar-refractivity contribution in [2.45, 2.75) is 38.1 Å². The summed E-state index contributed by atoms with van der Waals surface area (Å²) in [4.78, 5) is 46.4. The average Bonchev–Trinajstić information content (AvgIpc) is 2.98. The zero-order valence-corrected chi connectivity index (χ0v) is 24.8. The minimum absolute atomic E-state index is 0.0118. The number of amides is 4. The minimum Gasteiger partial charge on any atom is -0.508 e. The lowest BCUT2D eigenvalue weighted by Gasteiger charge is -2.55. The summed E-state index contributed by atoms with van der Waals surface area (Å²) in [5, 5.41) is 15.8. The third-order valence-corrected chi connectivity index (χ3v) is 8.14. The van der Waals surface area contributed by atoms with Crippen molar-refractivity contribution >= 4 is 23.5 Å². The lowest BCUT2D eigenvalue weighted by atomic mass is 9.95. The molecule has 43 heavy (non-hydrogen) atoms. The van der Waals surface area contributed by atoms with E-state index < -0.39 is 30.1 Å². The number of carbonyl (C=O) groups excluding carboxylic acids is 3. The fourth-order valence-electron chi connectivity index (χ4n) is 6.01. The molecule has 2 aliphatic rings. The molecule has 11 heteroatoms. The number of phenolic OH excluding ortho intramolecular Hbond substituents is 1. The molecule has 0 spiro atoms.